The van der Waals surface area contributed by atoms with Gasteiger partial charge in [-0.15, -0.1) is 0 Å². The highest BCUT2D eigenvalue weighted by molar-refractivity contribution is 5.73. The highest BCUT2D eigenvalue weighted by Crippen LogP contribution is 2.32. The van der Waals surface area contributed by atoms with Crippen LogP contribution in [-0.2, 0) is 25.6 Å². The zero-order valence-corrected chi connectivity index (χ0v) is 14.8. The maximum atomic E-state index is 11.6. The third-order valence-corrected chi connectivity index (χ3v) is 3.92. The van der Waals surface area contributed by atoms with Crippen LogP contribution in [0.3, 0.4) is 0 Å². The molecule has 1 aliphatic heterocycles. The Morgan fingerprint density at radius 2 is 1.92 bits per heavy atom. The van der Waals surface area contributed by atoms with E-state index < -0.39 is 36.7 Å². The molecule has 1 fully saturated rings. The molecule has 1 heterocycles. The van der Waals surface area contributed by atoms with Gasteiger partial charge >= 0.3 is 0 Å². The van der Waals surface area contributed by atoms with Crippen molar-refractivity contribution in [3.63, 3.8) is 0 Å². The van der Waals surface area contributed by atoms with E-state index in [-0.39, 0.29) is 12.5 Å². The standard InChI is InChI=1S/C18H27NO6/c1-12(21)19-14(11-23-10-13-7-5-4-6-8-13)16-17(15(22)9-20)25-18(2,3)24-16/h4-8,14-17,20,22H,9-11H2,1-3H3,(H,19,21)/t14-,15-,16-,17-/m1/s1. The summed E-state index contributed by atoms with van der Waals surface area (Å²) in [5.74, 6) is -1.17. The first-order valence-corrected chi connectivity index (χ1v) is 8.35. The summed E-state index contributed by atoms with van der Waals surface area (Å²) in [6, 6.07) is 9.15. The van der Waals surface area contributed by atoms with Crippen LogP contribution < -0.4 is 5.32 Å². The van der Waals surface area contributed by atoms with Crippen LogP contribution in [0, 0.1) is 0 Å². The molecule has 4 atom stereocenters. The molecule has 3 N–H and O–H groups in total. The topological polar surface area (TPSA) is 97.3 Å². The van der Waals surface area contributed by atoms with Crippen molar-refractivity contribution in [2.45, 2.75) is 57.5 Å². The zero-order chi connectivity index (χ0) is 18.4. The second kappa shape index (κ2) is 8.73. The van der Waals surface area contributed by atoms with Gasteiger partial charge in [0.15, 0.2) is 5.79 Å². The molecule has 1 aromatic rings. The molecule has 0 saturated carbocycles. The van der Waals surface area contributed by atoms with E-state index in [4.69, 9.17) is 14.2 Å². The second-order valence-corrected chi connectivity index (χ2v) is 6.62. The summed E-state index contributed by atoms with van der Waals surface area (Å²) in [4.78, 5) is 11.6. The normalized spacial score (nSPS) is 24.7. The quantitative estimate of drug-likeness (QED) is 0.633. The van der Waals surface area contributed by atoms with Crippen LogP contribution in [0.25, 0.3) is 0 Å². The van der Waals surface area contributed by atoms with Gasteiger partial charge in [-0.2, -0.15) is 0 Å². The van der Waals surface area contributed by atoms with E-state index in [1.54, 1.807) is 13.8 Å². The molecule has 140 valence electrons. The van der Waals surface area contributed by atoms with Crippen molar-refractivity contribution in [2.75, 3.05) is 13.2 Å². The van der Waals surface area contributed by atoms with Crippen molar-refractivity contribution in [1.29, 1.82) is 0 Å². The Bertz CT molecular complexity index is 550. The molecular weight excluding hydrogens is 326 g/mol. The summed E-state index contributed by atoms with van der Waals surface area (Å²) in [6.45, 7) is 4.97. The smallest absolute Gasteiger partial charge is 0.217 e. The summed E-state index contributed by atoms with van der Waals surface area (Å²) in [7, 11) is 0. The van der Waals surface area contributed by atoms with Gasteiger partial charge < -0.3 is 29.7 Å². The molecule has 0 aliphatic carbocycles. The van der Waals surface area contributed by atoms with Crippen molar-refractivity contribution in [3.8, 4) is 0 Å². The number of ether oxygens (including phenoxy) is 3. The maximum absolute atomic E-state index is 11.6. The Kier molecular flexibility index (Phi) is 6.92. The van der Waals surface area contributed by atoms with Crippen molar-refractivity contribution in [3.05, 3.63) is 35.9 Å². The minimum Gasteiger partial charge on any atom is -0.394 e. The van der Waals surface area contributed by atoms with E-state index in [9.17, 15) is 15.0 Å². The van der Waals surface area contributed by atoms with E-state index in [1.807, 2.05) is 30.3 Å². The number of carbonyl (C=O) groups excluding carboxylic acids is 1. The third kappa shape index (κ3) is 5.76. The lowest BCUT2D eigenvalue weighted by Crippen LogP contribution is -2.53. The van der Waals surface area contributed by atoms with Gasteiger partial charge in [-0.25, -0.2) is 0 Å². The van der Waals surface area contributed by atoms with Gasteiger partial charge in [-0.1, -0.05) is 30.3 Å². The van der Waals surface area contributed by atoms with E-state index in [0.717, 1.165) is 5.56 Å². The molecule has 25 heavy (non-hydrogen) atoms. The van der Waals surface area contributed by atoms with Gasteiger partial charge in [-0.3, -0.25) is 4.79 Å². The van der Waals surface area contributed by atoms with Crippen LogP contribution >= 0.6 is 0 Å². The van der Waals surface area contributed by atoms with Crippen molar-refractivity contribution < 1.29 is 29.2 Å². The number of aliphatic hydroxyl groups is 2. The summed E-state index contributed by atoms with van der Waals surface area (Å²) in [6.07, 6.45) is -2.52. The first kappa shape index (κ1) is 19.8. The zero-order valence-electron chi connectivity index (χ0n) is 14.8. The van der Waals surface area contributed by atoms with Gasteiger partial charge in [0, 0.05) is 6.92 Å². The fraction of sp³-hybridized carbons (Fsp3) is 0.611. The lowest BCUT2D eigenvalue weighted by molar-refractivity contribution is -0.159. The third-order valence-electron chi connectivity index (χ3n) is 3.92. The van der Waals surface area contributed by atoms with Crippen molar-refractivity contribution >= 4 is 5.91 Å². The van der Waals surface area contributed by atoms with E-state index >= 15 is 0 Å². The van der Waals surface area contributed by atoms with Gasteiger partial charge in [-0.05, 0) is 19.4 Å². The number of carbonyl (C=O) groups is 1. The van der Waals surface area contributed by atoms with E-state index in [0.29, 0.717) is 6.61 Å². The van der Waals surface area contributed by atoms with Gasteiger partial charge in [0.1, 0.15) is 18.3 Å². The Morgan fingerprint density at radius 1 is 1.28 bits per heavy atom. The largest absolute Gasteiger partial charge is 0.394 e. The van der Waals surface area contributed by atoms with Crippen LogP contribution in [0.4, 0.5) is 0 Å². The fourth-order valence-corrected chi connectivity index (χ4v) is 2.89. The minimum absolute atomic E-state index is 0.188. The highest BCUT2D eigenvalue weighted by atomic mass is 16.8. The number of hydrogen-bond acceptors (Lipinski definition) is 6. The monoisotopic (exact) mass is 353 g/mol. The molecule has 7 nitrogen and oxygen atoms in total. The number of benzene rings is 1. The molecule has 2 rings (SSSR count). The molecule has 0 unspecified atom stereocenters. The summed E-state index contributed by atoms with van der Waals surface area (Å²) < 4.78 is 17.3. The highest BCUT2D eigenvalue weighted by Gasteiger charge is 2.48. The molecule has 0 bridgehead atoms. The molecule has 0 aromatic heterocycles. The van der Waals surface area contributed by atoms with Crippen molar-refractivity contribution in [1.82, 2.24) is 5.32 Å². The molecule has 0 radical (unpaired) electrons. The molecule has 0 spiro atoms. The average molecular weight is 353 g/mol. The van der Waals surface area contributed by atoms with Crippen LogP contribution in [0.5, 0.6) is 0 Å². The maximum Gasteiger partial charge on any atom is 0.217 e. The van der Waals surface area contributed by atoms with Crippen LogP contribution in [-0.4, -0.2) is 59.5 Å². The van der Waals surface area contributed by atoms with Crippen LogP contribution in [0.1, 0.15) is 26.3 Å². The fourth-order valence-electron chi connectivity index (χ4n) is 2.89. The number of aliphatic hydroxyl groups excluding tert-OH is 2. The predicted octanol–water partition coefficient (Wildman–Crippen LogP) is 0.581. The number of rotatable bonds is 8. The lowest BCUT2D eigenvalue weighted by Gasteiger charge is -2.28. The molecule has 1 aromatic carbocycles. The van der Waals surface area contributed by atoms with Crippen LogP contribution in [0.15, 0.2) is 30.3 Å². The number of hydrogen-bond donors (Lipinski definition) is 3. The Labute approximate surface area is 147 Å². The van der Waals surface area contributed by atoms with E-state index in [1.165, 1.54) is 6.92 Å². The second-order valence-electron chi connectivity index (χ2n) is 6.62. The van der Waals surface area contributed by atoms with Gasteiger partial charge in [0.25, 0.3) is 0 Å². The Hall–Kier alpha value is -1.51. The Balaban J connectivity index is 2.05. The summed E-state index contributed by atoms with van der Waals surface area (Å²) >= 11 is 0. The molecule has 7 heteroatoms. The SMILES string of the molecule is CC(=O)N[C@H](COCc1ccccc1)[C@H]1OC(C)(C)O[C@@H]1[C@H](O)CO. The predicted molar refractivity (Wildman–Crippen MR) is 90.6 cm³/mol. The Morgan fingerprint density at radius 3 is 2.52 bits per heavy atom. The molecular formula is C18H27NO6. The van der Waals surface area contributed by atoms with Gasteiger partial charge in [0.05, 0.1) is 25.9 Å². The molecule has 1 aliphatic rings. The number of amides is 1. The first-order valence-electron chi connectivity index (χ1n) is 8.35. The first-order chi connectivity index (χ1) is 11.8. The number of nitrogens with one attached hydrogen (secondary N) is 1. The lowest BCUT2D eigenvalue weighted by atomic mass is 10.0. The van der Waals surface area contributed by atoms with Crippen LogP contribution in [0.2, 0.25) is 0 Å². The molecule has 1 saturated heterocycles. The summed E-state index contributed by atoms with van der Waals surface area (Å²) in [5, 5.41) is 22.1. The minimum atomic E-state index is -1.11. The average Bonchev–Trinajstić information content (AvgIpc) is 2.89. The van der Waals surface area contributed by atoms with Gasteiger partial charge in [0.2, 0.25) is 5.91 Å². The van der Waals surface area contributed by atoms with E-state index in [2.05, 4.69) is 5.32 Å². The summed E-state index contributed by atoms with van der Waals surface area (Å²) in [5.41, 5.74) is 1.01. The van der Waals surface area contributed by atoms with Crippen molar-refractivity contribution in [2.24, 2.45) is 0 Å². The molecule has 1 amide bonds.